The summed E-state index contributed by atoms with van der Waals surface area (Å²) in [5.41, 5.74) is 1.54. The van der Waals surface area contributed by atoms with E-state index in [-0.39, 0.29) is 5.91 Å². The van der Waals surface area contributed by atoms with Crippen molar-refractivity contribution in [2.45, 2.75) is 12.8 Å². The molecule has 0 aliphatic rings. The molecule has 2 N–H and O–H groups in total. The number of aromatic nitrogens is 2. The third-order valence-electron chi connectivity index (χ3n) is 3.29. The third-order valence-corrected chi connectivity index (χ3v) is 3.29. The minimum Gasteiger partial charge on any atom is -0.454 e. The third kappa shape index (κ3) is 3.17. The number of rotatable bonds is 6. The molecule has 0 atom stereocenters. The van der Waals surface area contributed by atoms with Crippen LogP contribution in [0, 0.1) is 0 Å². The van der Waals surface area contributed by atoms with Crippen LogP contribution < -0.4 is 5.32 Å². The van der Waals surface area contributed by atoms with Crippen LogP contribution in [0.25, 0.3) is 22.4 Å². The summed E-state index contributed by atoms with van der Waals surface area (Å²) in [6.45, 7) is 0.568. The maximum absolute atomic E-state index is 11.7. The second kappa shape index (κ2) is 6.44. The number of aromatic amines is 1. The van der Waals surface area contributed by atoms with E-state index in [2.05, 4.69) is 15.5 Å². The Kier molecular flexibility index (Phi) is 4.20. The lowest BCUT2D eigenvalue weighted by Crippen LogP contribution is -2.12. The van der Waals surface area contributed by atoms with Gasteiger partial charge in [-0.2, -0.15) is 5.10 Å². The molecule has 2 aromatic heterocycles. The van der Waals surface area contributed by atoms with Gasteiger partial charge in [0, 0.05) is 31.6 Å². The highest BCUT2D eigenvalue weighted by Crippen LogP contribution is 2.27. The Morgan fingerprint density at radius 1 is 1.36 bits per heavy atom. The number of benzene rings is 1. The number of hydrogen-bond acceptors (Lipinski definition) is 4. The molecule has 1 amide bonds. The summed E-state index contributed by atoms with van der Waals surface area (Å²) in [6, 6.07) is 11.5. The zero-order chi connectivity index (χ0) is 15.4. The first-order valence-corrected chi connectivity index (χ1v) is 7.09. The Balaban J connectivity index is 1.69. The van der Waals surface area contributed by atoms with Crippen LogP contribution in [-0.4, -0.2) is 29.8 Å². The summed E-state index contributed by atoms with van der Waals surface area (Å²) in [6.07, 6.45) is 1.09. The van der Waals surface area contributed by atoms with Crippen LogP contribution >= 0.6 is 0 Å². The van der Waals surface area contributed by atoms with Crippen LogP contribution in [0.3, 0.4) is 0 Å². The number of carbonyl (C=O) groups excluding carboxylic acids is 1. The molecule has 0 saturated carbocycles. The topological polar surface area (TPSA) is 80.1 Å². The molecule has 0 radical (unpaired) electrons. The average Bonchev–Trinajstić information content (AvgIpc) is 3.13. The number of hydrogen-bond donors (Lipinski definition) is 2. The molecule has 6 nitrogen and oxygen atoms in total. The molecule has 0 aliphatic carbocycles. The van der Waals surface area contributed by atoms with Crippen molar-refractivity contribution in [3.63, 3.8) is 0 Å². The van der Waals surface area contributed by atoms with Gasteiger partial charge >= 0.3 is 0 Å². The monoisotopic (exact) mass is 299 g/mol. The van der Waals surface area contributed by atoms with Crippen molar-refractivity contribution in [1.82, 2.24) is 10.2 Å². The number of carbonyl (C=O) groups is 1. The molecule has 0 saturated heterocycles. The number of amides is 1. The van der Waals surface area contributed by atoms with E-state index in [9.17, 15) is 4.79 Å². The summed E-state index contributed by atoms with van der Waals surface area (Å²) >= 11 is 0. The number of H-pyrrole nitrogens is 1. The van der Waals surface area contributed by atoms with Gasteiger partial charge in [0.25, 0.3) is 0 Å². The fourth-order valence-electron chi connectivity index (χ4n) is 2.21. The van der Waals surface area contributed by atoms with Gasteiger partial charge in [0.05, 0.1) is 0 Å². The number of furan rings is 1. The van der Waals surface area contributed by atoms with E-state index in [0.717, 1.165) is 16.7 Å². The largest absolute Gasteiger partial charge is 0.454 e. The second-order valence-corrected chi connectivity index (χ2v) is 4.96. The second-order valence-electron chi connectivity index (χ2n) is 4.96. The number of ether oxygens (including phenoxy) is 1. The Hall–Kier alpha value is -2.60. The Morgan fingerprint density at radius 3 is 3.05 bits per heavy atom. The molecular formula is C16H17N3O3. The van der Waals surface area contributed by atoms with Crippen molar-refractivity contribution < 1.29 is 13.9 Å². The first-order chi connectivity index (χ1) is 10.8. The van der Waals surface area contributed by atoms with E-state index in [1.165, 1.54) is 0 Å². The molecule has 0 bridgehead atoms. The van der Waals surface area contributed by atoms with E-state index in [4.69, 9.17) is 9.15 Å². The summed E-state index contributed by atoms with van der Waals surface area (Å²) in [7, 11) is 1.62. The van der Waals surface area contributed by atoms with Crippen LogP contribution in [0.15, 0.2) is 40.8 Å². The molecule has 0 spiro atoms. The van der Waals surface area contributed by atoms with Crippen molar-refractivity contribution in [2.24, 2.45) is 0 Å². The van der Waals surface area contributed by atoms with Gasteiger partial charge in [-0.15, -0.1) is 0 Å². The minimum absolute atomic E-state index is 0.0836. The highest BCUT2D eigenvalue weighted by molar-refractivity contribution is 5.90. The van der Waals surface area contributed by atoms with Gasteiger partial charge < -0.3 is 14.5 Å². The Morgan fingerprint density at radius 2 is 2.23 bits per heavy atom. The Labute approximate surface area is 127 Å². The van der Waals surface area contributed by atoms with Crippen LogP contribution in [0.1, 0.15) is 12.8 Å². The summed E-state index contributed by atoms with van der Waals surface area (Å²) in [4.78, 5) is 11.7. The van der Waals surface area contributed by atoms with Crippen LogP contribution in [0.2, 0.25) is 0 Å². The first kappa shape index (κ1) is 14.3. The number of nitrogens with zero attached hydrogens (tertiary/aromatic N) is 1. The molecule has 3 rings (SSSR count). The predicted molar refractivity (Wildman–Crippen MR) is 83.5 cm³/mol. The van der Waals surface area contributed by atoms with Gasteiger partial charge in [0.1, 0.15) is 11.3 Å². The van der Waals surface area contributed by atoms with Crippen molar-refractivity contribution in [2.75, 3.05) is 19.0 Å². The highest BCUT2D eigenvalue weighted by atomic mass is 16.5. The standard InChI is InChI=1S/C16H17N3O3/c1-21-8-4-7-16(20)17-15-10-12(18-19-15)14-9-11-5-2-3-6-13(11)22-14/h2-3,5-6,9-10H,4,7-8H2,1H3,(H2,17,18,19,20). The Bertz CT molecular complexity index is 743. The van der Waals surface area contributed by atoms with E-state index in [1.807, 2.05) is 30.3 Å². The molecule has 1 aromatic carbocycles. The highest BCUT2D eigenvalue weighted by Gasteiger charge is 2.10. The van der Waals surface area contributed by atoms with Gasteiger partial charge in [-0.25, -0.2) is 0 Å². The lowest BCUT2D eigenvalue weighted by molar-refractivity contribution is -0.116. The van der Waals surface area contributed by atoms with Crippen molar-refractivity contribution in [3.8, 4) is 11.5 Å². The van der Waals surface area contributed by atoms with E-state index >= 15 is 0 Å². The smallest absolute Gasteiger partial charge is 0.225 e. The van der Waals surface area contributed by atoms with Gasteiger partial charge in [-0.05, 0) is 18.6 Å². The molecule has 0 unspecified atom stereocenters. The van der Waals surface area contributed by atoms with Gasteiger partial charge in [0.2, 0.25) is 5.91 Å². The molecule has 2 heterocycles. The zero-order valence-corrected chi connectivity index (χ0v) is 12.3. The molecule has 22 heavy (non-hydrogen) atoms. The average molecular weight is 299 g/mol. The predicted octanol–water partition coefficient (Wildman–Crippen LogP) is 3.19. The zero-order valence-electron chi connectivity index (χ0n) is 12.3. The van der Waals surface area contributed by atoms with Crippen molar-refractivity contribution in [3.05, 3.63) is 36.4 Å². The SMILES string of the molecule is COCCCC(=O)Nc1cc(-c2cc3ccccc3o2)[nH]n1. The summed E-state index contributed by atoms with van der Waals surface area (Å²) in [5.74, 6) is 1.09. The fraction of sp³-hybridized carbons (Fsp3) is 0.250. The number of methoxy groups -OCH3 is 1. The van der Waals surface area contributed by atoms with Crippen molar-refractivity contribution in [1.29, 1.82) is 0 Å². The quantitative estimate of drug-likeness (QED) is 0.685. The van der Waals surface area contributed by atoms with E-state index in [0.29, 0.717) is 31.0 Å². The molecule has 114 valence electrons. The number of nitrogens with one attached hydrogen (secondary N) is 2. The summed E-state index contributed by atoms with van der Waals surface area (Å²) < 4.78 is 10.7. The number of anilines is 1. The lowest BCUT2D eigenvalue weighted by atomic mass is 10.2. The lowest BCUT2D eigenvalue weighted by Gasteiger charge is -2.00. The molecule has 3 aromatic rings. The maximum Gasteiger partial charge on any atom is 0.225 e. The van der Waals surface area contributed by atoms with Gasteiger partial charge in [-0.1, -0.05) is 18.2 Å². The molecule has 0 fully saturated rings. The maximum atomic E-state index is 11.7. The first-order valence-electron chi connectivity index (χ1n) is 7.09. The van der Waals surface area contributed by atoms with Gasteiger partial charge in [-0.3, -0.25) is 9.89 Å². The van der Waals surface area contributed by atoms with Crippen molar-refractivity contribution >= 4 is 22.7 Å². The van der Waals surface area contributed by atoms with E-state index in [1.54, 1.807) is 13.2 Å². The van der Waals surface area contributed by atoms with E-state index < -0.39 is 0 Å². The fourth-order valence-corrected chi connectivity index (χ4v) is 2.21. The van der Waals surface area contributed by atoms with Gasteiger partial charge in [0.15, 0.2) is 11.6 Å². The number of fused-ring (bicyclic) bond motifs is 1. The van der Waals surface area contributed by atoms with Crippen LogP contribution in [-0.2, 0) is 9.53 Å². The molecule has 6 heteroatoms. The number of para-hydroxylation sites is 1. The van der Waals surface area contributed by atoms with Crippen LogP contribution in [0.5, 0.6) is 0 Å². The molecule has 0 aliphatic heterocycles. The molecular weight excluding hydrogens is 282 g/mol. The van der Waals surface area contributed by atoms with Crippen LogP contribution in [0.4, 0.5) is 5.82 Å². The summed E-state index contributed by atoms with van der Waals surface area (Å²) in [5, 5.41) is 10.7. The normalized spacial score (nSPS) is 11.0. The minimum atomic E-state index is -0.0836.